The standard InChI is InChI=1S/C23H26N6O3S/c1-16(19-6-4-5-7-21(19)32-2)8-9-24-22-11-20(26-14-27-22)17-10-18-13-28-29(15-33(3,30)31)23(18)25-12-17/h4-7,10-14,16H,8-9,15H2,1-3H3,(H,24,26,27). The molecule has 1 unspecified atom stereocenters. The first kappa shape index (κ1) is 22.7. The first-order valence-electron chi connectivity index (χ1n) is 10.5. The number of anilines is 1. The van der Waals surface area contributed by atoms with Crippen LogP contribution in [0.2, 0.25) is 0 Å². The molecule has 172 valence electrons. The SMILES string of the molecule is COc1ccccc1C(C)CCNc1cc(-c2cnc3c(cnn3CS(C)(=O)=O)c2)ncn1. The fourth-order valence-corrected chi connectivity index (χ4v) is 4.32. The van der Waals surface area contributed by atoms with Crippen LogP contribution in [0.25, 0.3) is 22.3 Å². The monoisotopic (exact) mass is 466 g/mol. The Kier molecular flexibility index (Phi) is 6.55. The number of methoxy groups -OCH3 is 1. The van der Waals surface area contributed by atoms with Gasteiger partial charge < -0.3 is 10.1 Å². The van der Waals surface area contributed by atoms with Gasteiger partial charge in [0.15, 0.2) is 15.5 Å². The van der Waals surface area contributed by atoms with E-state index in [-0.39, 0.29) is 5.88 Å². The maximum atomic E-state index is 11.6. The minimum Gasteiger partial charge on any atom is -0.496 e. The van der Waals surface area contributed by atoms with Crippen LogP contribution in [-0.2, 0) is 15.7 Å². The normalized spacial score (nSPS) is 12.6. The van der Waals surface area contributed by atoms with Crippen LogP contribution in [-0.4, -0.2) is 53.1 Å². The molecule has 3 aromatic heterocycles. The molecule has 9 nitrogen and oxygen atoms in total. The second-order valence-electron chi connectivity index (χ2n) is 7.98. The molecule has 33 heavy (non-hydrogen) atoms. The molecule has 0 aliphatic rings. The first-order valence-corrected chi connectivity index (χ1v) is 12.6. The summed E-state index contributed by atoms with van der Waals surface area (Å²) in [5, 5.41) is 8.26. The highest BCUT2D eigenvalue weighted by atomic mass is 32.2. The molecule has 4 rings (SSSR count). The molecule has 0 radical (unpaired) electrons. The van der Waals surface area contributed by atoms with Crippen molar-refractivity contribution in [2.45, 2.75) is 25.1 Å². The zero-order valence-corrected chi connectivity index (χ0v) is 19.6. The number of rotatable bonds is 9. The quantitative estimate of drug-likeness (QED) is 0.399. The smallest absolute Gasteiger partial charge is 0.167 e. The Hall–Kier alpha value is -3.53. The van der Waals surface area contributed by atoms with Crippen molar-refractivity contribution in [1.29, 1.82) is 0 Å². The van der Waals surface area contributed by atoms with Crippen LogP contribution in [0.4, 0.5) is 5.82 Å². The molecule has 0 bridgehead atoms. The second kappa shape index (κ2) is 9.53. The van der Waals surface area contributed by atoms with Gasteiger partial charge in [-0.2, -0.15) is 5.10 Å². The van der Waals surface area contributed by atoms with Crippen LogP contribution in [0.1, 0.15) is 24.8 Å². The molecule has 1 atom stereocenters. The summed E-state index contributed by atoms with van der Waals surface area (Å²) < 4.78 is 30.0. The number of aromatic nitrogens is 5. The molecule has 0 aliphatic carbocycles. The van der Waals surface area contributed by atoms with Crippen molar-refractivity contribution in [3.05, 3.63) is 60.7 Å². The molecule has 0 amide bonds. The van der Waals surface area contributed by atoms with Crippen molar-refractivity contribution >= 4 is 26.7 Å². The van der Waals surface area contributed by atoms with E-state index >= 15 is 0 Å². The van der Waals surface area contributed by atoms with E-state index in [1.807, 2.05) is 30.3 Å². The highest BCUT2D eigenvalue weighted by molar-refractivity contribution is 7.89. The van der Waals surface area contributed by atoms with E-state index < -0.39 is 9.84 Å². The van der Waals surface area contributed by atoms with Gasteiger partial charge in [-0.15, -0.1) is 0 Å². The molecule has 4 aromatic rings. The van der Waals surface area contributed by atoms with Gasteiger partial charge in [-0.05, 0) is 30.0 Å². The number of para-hydroxylation sites is 1. The Morgan fingerprint density at radius 3 is 2.73 bits per heavy atom. The van der Waals surface area contributed by atoms with Crippen molar-refractivity contribution in [3.63, 3.8) is 0 Å². The lowest BCUT2D eigenvalue weighted by Crippen LogP contribution is -2.10. The van der Waals surface area contributed by atoms with Gasteiger partial charge in [-0.25, -0.2) is 28.1 Å². The number of hydrogen-bond acceptors (Lipinski definition) is 8. The van der Waals surface area contributed by atoms with Crippen LogP contribution in [0.5, 0.6) is 5.75 Å². The van der Waals surface area contributed by atoms with Gasteiger partial charge >= 0.3 is 0 Å². The lowest BCUT2D eigenvalue weighted by Gasteiger charge is -2.16. The third kappa shape index (κ3) is 5.46. The molecule has 10 heteroatoms. The van der Waals surface area contributed by atoms with E-state index in [1.54, 1.807) is 19.5 Å². The van der Waals surface area contributed by atoms with Crippen molar-refractivity contribution in [2.24, 2.45) is 0 Å². The average Bonchev–Trinajstić information content (AvgIpc) is 3.19. The van der Waals surface area contributed by atoms with E-state index in [2.05, 4.69) is 38.4 Å². The molecule has 0 spiro atoms. The Balaban J connectivity index is 1.45. The van der Waals surface area contributed by atoms with Gasteiger partial charge in [0.1, 0.15) is 23.8 Å². The number of fused-ring (bicyclic) bond motifs is 1. The van der Waals surface area contributed by atoms with E-state index in [4.69, 9.17) is 4.74 Å². The maximum absolute atomic E-state index is 11.6. The highest BCUT2D eigenvalue weighted by Gasteiger charge is 2.13. The Labute approximate surface area is 192 Å². The summed E-state index contributed by atoms with van der Waals surface area (Å²) in [6.07, 6.45) is 6.86. The van der Waals surface area contributed by atoms with Crippen molar-refractivity contribution in [2.75, 3.05) is 25.2 Å². The largest absolute Gasteiger partial charge is 0.496 e. The fourth-order valence-electron chi connectivity index (χ4n) is 3.69. The summed E-state index contributed by atoms with van der Waals surface area (Å²) in [6.45, 7) is 2.92. The van der Waals surface area contributed by atoms with Crippen LogP contribution in [0, 0.1) is 0 Å². The first-order chi connectivity index (χ1) is 15.8. The van der Waals surface area contributed by atoms with Gasteiger partial charge in [-0.1, -0.05) is 25.1 Å². The topological polar surface area (TPSA) is 112 Å². The van der Waals surface area contributed by atoms with Crippen molar-refractivity contribution in [1.82, 2.24) is 24.7 Å². The van der Waals surface area contributed by atoms with Crippen molar-refractivity contribution in [3.8, 4) is 17.0 Å². The highest BCUT2D eigenvalue weighted by Crippen LogP contribution is 2.28. The minimum absolute atomic E-state index is 0.211. The predicted octanol–water partition coefficient (Wildman–Crippen LogP) is 3.50. The van der Waals surface area contributed by atoms with E-state index in [1.165, 1.54) is 22.8 Å². The van der Waals surface area contributed by atoms with E-state index in [0.29, 0.717) is 11.6 Å². The van der Waals surface area contributed by atoms with Gasteiger partial charge in [0.05, 0.1) is 19.0 Å². The lowest BCUT2D eigenvalue weighted by atomic mass is 9.97. The molecule has 1 aromatic carbocycles. The third-order valence-electron chi connectivity index (χ3n) is 5.35. The number of benzene rings is 1. The molecule has 0 fully saturated rings. The van der Waals surface area contributed by atoms with Gasteiger partial charge in [0.2, 0.25) is 0 Å². The second-order valence-corrected chi connectivity index (χ2v) is 10.1. The number of nitrogens with zero attached hydrogens (tertiary/aromatic N) is 5. The average molecular weight is 467 g/mol. The van der Waals surface area contributed by atoms with Gasteiger partial charge in [0.25, 0.3) is 0 Å². The maximum Gasteiger partial charge on any atom is 0.167 e. The number of hydrogen-bond donors (Lipinski definition) is 1. The summed E-state index contributed by atoms with van der Waals surface area (Å²) in [6, 6.07) is 11.8. The molecule has 3 heterocycles. The van der Waals surface area contributed by atoms with E-state index in [9.17, 15) is 8.42 Å². The zero-order valence-electron chi connectivity index (χ0n) is 18.8. The third-order valence-corrected chi connectivity index (χ3v) is 6.06. The molecule has 0 aliphatic heterocycles. The van der Waals surface area contributed by atoms with Crippen molar-refractivity contribution < 1.29 is 13.2 Å². The summed E-state index contributed by atoms with van der Waals surface area (Å²) in [7, 11) is -1.53. The number of ether oxygens (including phenoxy) is 1. The summed E-state index contributed by atoms with van der Waals surface area (Å²) in [5.41, 5.74) is 3.22. The Morgan fingerprint density at radius 1 is 1.12 bits per heavy atom. The zero-order chi connectivity index (χ0) is 23.4. The minimum atomic E-state index is -3.22. The van der Waals surface area contributed by atoms with Crippen LogP contribution < -0.4 is 10.1 Å². The van der Waals surface area contributed by atoms with Crippen LogP contribution in [0.15, 0.2) is 55.1 Å². The summed E-state index contributed by atoms with van der Waals surface area (Å²) in [4.78, 5) is 13.1. The van der Waals surface area contributed by atoms with E-state index in [0.717, 1.165) is 41.2 Å². The summed E-state index contributed by atoms with van der Waals surface area (Å²) >= 11 is 0. The summed E-state index contributed by atoms with van der Waals surface area (Å²) in [5.74, 6) is 1.74. The van der Waals surface area contributed by atoms with Gasteiger partial charge in [0, 0.05) is 36.0 Å². The number of nitrogens with one attached hydrogen (secondary N) is 1. The number of sulfone groups is 1. The molecule has 0 saturated carbocycles. The Bertz CT molecular complexity index is 1370. The predicted molar refractivity (Wildman–Crippen MR) is 128 cm³/mol. The molecule has 1 N–H and O–H groups in total. The van der Waals surface area contributed by atoms with Crippen LogP contribution >= 0.6 is 0 Å². The van der Waals surface area contributed by atoms with Gasteiger partial charge in [-0.3, -0.25) is 0 Å². The van der Waals surface area contributed by atoms with Crippen LogP contribution in [0.3, 0.4) is 0 Å². The molecular formula is C23H26N6O3S. The number of pyridine rings is 1. The fraction of sp³-hybridized carbons (Fsp3) is 0.304. The molecule has 0 saturated heterocycles. The Morgan fingerprint density at radius 2 is 1.94 bits per heavy atom. The molecular weight excluding hydrogens is 440 g/mol. The lowest BCUT2D eigenvalue weighted by molar-refractivity contribution is 0.405.